The van der Waals surface area contributed by atoms with E-state index < -0.39 is 0 Å². The molecule has 4 N–H and O–H groups in total. The molecule has 478 valence electrons. The molecule has 10 aromatic heterocycles. The number of halogens is 3. The number of pyridine rings is 1. The standard InChI is InChI=1S/C23H24FN7O2.C22H22FN7O2.C22H18FN5O/c1-13-9-19(30(4)28-13)16-11-26-23(31-12-18(27-21(16)31)22(32)29(2)3)25-10-15-14-7-8-33-20(14)6-5-17(15)24;1-12-8-18(29(3)28-12)15-10-26-22(30-11-17(21(31)24-2)27-20(15)30)25-9-14-13-6-7-32-19(13)5-4-16(14)23;1-13-12-28-21(27-13)18(15-4-3-8-24-14(15)2)11-26-22(28)25-10-17-16-7-9-29-20(16)6-5-19(17)23/h5-6,9,11-12H,7-8,10H2,1-4H3,(H,25,26);4-5,8,10-11H,6-7,9H2,1-3H3,(H,24,31)(H,25,26);3-9,11-12H,10H2,1-2H3,(H,25,26). The molecule has 12 heterocycles. The third kappa shape index (κ3) is 11.7. The van der Waals surface area contributed by atoms with Crippen molar-refractivity contribution in [3.8, 4) is 45.1 Å². The molecule has 0 unspecified atom stereocenters. The van der Waals surface area contributed by atoms with E-state index in [2.05, 4.69) is 66.4 Å². The number of amides is 2. The Kier molecular flexibility index (Phi) is 16.4. The number of nitrogens with zero attached hydrogens (tertiary/aromatic N) is 15. The second-order valence-corrected chi connectivity index (χ2v) is 22.8. The highest BCUT2D eigenvalue weighted by atomic mass is 19.1. The van der Waals surface area contributed by atoms with E-state index in [9.17, 15) is 22.8 Å². The van der Waals surface area contributed by atoms with E-state index in [-0.39, 0.29) is 60.3 Å². The van der Waals surface area contributed by atoms with Gasteiger partial charge in [0.2, 0.25) is 17.8 Å². The largest absolute Gasteiger partial charge is 0.493 e. The number of rotatable bonds is 14. The number of carbonyl (C=O) groups excluding carboxylic acids is 2. The summed E-state index contributed by atoms with van der Waals surface area (Å²) in [7, 11) is 8.59. The minimum atomic E-state index is -0.309. The molecule has 3 aromatic carbocycles. The maximum Gasteiger partial charge on any atom is 0.273 e. The SMILES string of the molecule is CNC(=O)c1cn2c(NCc3c(F)ccc4c3CCO4)ncc(-c3cc(C)nn3C)c2n1.Cc1cc(-c2cnc(NCc3c(F)ccc4c3CCO4)n3cc(C(=O)N(C)C)nc23)n(C)n1.Cc1cn2c(NCc3c(F)ccc4occc34)ncc(-c3cccnc3C)c2n1. The summed E-state index contributed by atoms with van der Waals surface area (Å²) in [6.07, 6.45) is 15.0. The fourth-order valence-corrected chi connectivity index (χ4v) is 11.8. The van der Waals surface area contributed by atoms with Gasteiger partial charge >= 0.3 is 0 Å². The lowest BCUT2D eigenvalue weighted by molar-refractivity contribution is 0.0822. The van der Waals surface area contributed by atoms with E-state index in [0.29, 0.717) is 83.2 Å². The van der Waals surface area contributed by atoms with Crippen LogP contribution in [0.1, 0.15) is 71.6 Å². The second-order valence-electron chi connectivity index (χ2n) is 22.8. The van der Waals surface area contributed by atoms with Crippen molar-refractivity contribution in [3.05, 3.63) is 196 Å². The Labute approximate surface area is 535 Å². The minimum Gasteiger partial charge on any atom is -0.493 e. The van der Waals surface area contributed by atoms with Gasteiger partial charge in [0, 0.05) is 161 Å². The maximum atomic E-state index is 14.6. The van der Waals surface area contributed by atoms with Crippen molar-refractivity contribution in [2.75, 3.05) is 50.3 Å². The number of imidazole rings is 3. The monoisotopic (exact) mass is 1270 g/mol. The molecular weight excluding hydrogens is 1210 g/mol. The van der Waals surface area contributed by atoms with E-state index in [4.69, 9.17) is 13.9 Å². The van der Waals surface area contributed by atoms with Gasteiger partial charge in [-0.15, -0.1) is 0 Å². The summed E-state index contributed by atoms with van der Waals surface area (Å²) in [6, 6.07) is 18.8. The predicted molar refractivity (Wildman–Crippen MR) is 346 cm³/mol. The number of benzene rings is 3. The fourth-order valence-electron chi connectivity index (χ4n) is 11.8. The topological polar surface area (TPSA) is 256 Å². The zero-order valence-corrected chi connectivity index (χ0v) is 52.8. The molecule has 15 rings (SSSR count). The van der Waals surface area contributed by atoms with Gasteiger partial charge in [-0.1, -0.05) is 6.07 Å². The zero-order chi connectivity index (χ0) is 65.6. The molecule has 24 nitrogen and oxygen atoms in total. The number of hydrogen-bond donors (Lipinski definition) is 4. The van der Waals surface area contributed by atoms with Crippen molar-refractivity contribution in [3.63, 3.8) is 0 Å². The lowest BCUT2D eigenvalue weighted by atomic mass is 10.0. The van der Waals surface area contributed by atoms with Crippen LogP contribution in [0.15, 0.2) is 121 Å². The maximum absolute atomic E-state index is 14.6. The summed E-state index contributed by atoms with van der Waals surface area (Å²) in [5, 5.41) is 21.8. The van der Waals surface area contributed by atoms with Crippen LogP contribution < -0.4 is 30.7 Å². The first-order chi connectivity index (χ1) is 45.4. The molecule has 2 aliphatic rings. The summed E-state index contributed by atoms with van der Waals surface area (Å²) in [4.78, 5) is 58.3. The van der Waals surface area contributed by atoms with Gasteiger partial charge in [-0.2, -0.15) is 10.2 Å². The number of ether oxygens (including phenoxy) is 2. The lowest BCUT2D eigenvalue weighted by Gasteiger charge is -2.13. The van der Waals surface area contributed by atoms with Crippen molar-refractivity contribution >= 4 is 57.6 Å². The molecule has 94 heavy (non-hydrogen) atoms. The Balaban J connectivity index is 0.000000128. The number of nitrogens with one attached hydrogen (secondary N) is 4. The number of hydrogen-bond acceptors (Lipinski definition) is 17. The number of aromatic nitrogens is 14. The average molecular weight is 1270 g/mol. The molecule has 27 heteroatoms. The van der Waals surface area contributed by atoms with E-state index in [0.717, 1.165) is 84.3 Å². The Morgan fingerprint density at radius 2 is 1.07 bits per heavy atom. The fraction of sp³-hybridized carbons (Fsp3) is 0.239. The summed E-state index contributed by atoms with van der Waals surface area (Å²) in [5.74, 6) is 1.52. The molecule has 13 aromatic rings. The van der Waals surface area contributed by atoms with Crippen LogP contribution >= 0.6 is 0 Å². The Morgan fingerprint density at radius 1 is 0.574 bits per heavy atom. The minimum absolute atomic E-state index is 0.220. The highest BCUT2D eigenvalue weighted by Gasteiger charge is 2.26. The molecule has 0 saturated heterocycles. The zero-order valence-electron chi connectivity index (χ0n) is 52.8. The van der Waals surface area contributed by atoms with E-state index in [1.165, 1.54) is 23.1 Å². The summed E-state index contributed by atoms with van der Waals surface area (Å²) in [5.41, 5.74) is 15.0. The van der Waals surface area contributed by atoms with Crippen LogP contribution in [0.4, 0.5) is 31.0 Å². The van der Waals surface area contributed by atoms with Gasteiger partial charge in [0.15, 0.2) is 11.3 Å². The number of aryl methyl sites for hydroxylation is 6. The Morgan fingerprint density at radius 3 is 1.61 bits per heavy atom. The van der Waals surface area contributed by atoms with Gasteiger partial charge in [-0.05, 0) is 88.4 Å². The molecule has 0 radical (unpaired) electrons. The van der Waals surface area contributed by atoms with Crippen molar-refractivity contribution in [1.29, 1.82) is 0 Å². The number of anilines is 3. The summed E-state index contributed by atoms with van der Waals surface area (Å²) in [6.45, 7) is 9.51. The summed E-state index contributed by atoms with van der Waals surface area (Å²) < 4.78 is 68.9. The number of carbonyl (C=O) groups is 2. The molecule has 0 bridgehead atoms. The molecule has 0 spiro atoms. The first kappa shape index (κ1) is 61.2. The third-order valence-corrected chi connectivity index (χ3v) is 16.4. The van der Waals surface area contributed by atoms with E-state index >= 15 is 0 Å². The van der Waals surface area contributed by atoms with Crippen LogP contribution in [-0.4, -0.2) is 119 Å². The van der Waals surface area contributed by atoms with Crippen LogP contribution in [0.25, 0.3) is 61.6 Å². The number of furan rings is 1. The molecule has 2 amide bonds. The third-order valence-electron chi connectivity index (χ3n) is 16.4. The first-order valence-corrected chi connectivity index (χ1v) is 30.1. The van der Waals surface area contributed by atoms with Gasteiger partial charge in [0.1, 0.15) is 51.6 Å². The van der Waals surface area contributed by atoms with Gasteiger partial charge in [-0.25, -0.2) is 43.1 Å². The Hall–Kier alpha value is -11.6. The molecular formula is C67H64F3N19O5. The molecule has 0 saturated carbocycles. The van der Waals surface area contributed by atoms with Gasteiger partial charge in [0.25, 0.3) is 11.8 Å². The van der Waals surface area contributed by atoms with Crippen LogP contribution in [0, 0.1) is 45.1 Å². The molecule has 2 aliphatic heterocycles. The van der Waals surface area contributed by atoms with E-state index in [1.807, 2.05) is 76.7 Å². The molecule has 0 aliphatic carbocycles. The quantitative estimate of drug-likeness (QED) is 0.0789. The van der Waals surface area contributed by atoms with Crippen molar-refractivity contribution in [2.24, 2.45) is 14.1 Å². The van der Waals surface area contributed by atoms with Crippen LogP contribution in [-0.2, 0) is 46.6 Å². The van der Waals surface area contributed by atoms with Gasteiger partial charge < -0.3 is 40.1 Å². The lowest BCUT2D eigenvalue weighted by Crippen LogP contribution is -2.21. The summed E-state index contributed by atoms with van der Waals surface area (Å²) >= 11 is 0. The number of fused-ring (bicyclic) bond motifs is 6. The highest BCUT2D eigenvalue weighted by Crippen LogP contribution is 2.35. The second kappa shape index (κ2) is 25.2. The Bertz CT molecular complexity index is 5100. The van der Waals surface area contributed by atoms with Crippen molar-refractivity contribution in [2.45, 2.75) is 60.2 Å². The van der Waals surface area contributed by atoms with Crippen LogP contribution in [0.5, 0.6) is 11.5 Å². The molecule has 0 atom stereocenters. The average Bonchev–Trinajstić information content (AvgIpc) is 1.60. The predicted octanol–water partition coefficient (Wildman–Crippen LogP) is 10.2. The van der Waals surface area contributed by atoms with E-state index in [1.54, 1.807) is 107 Å². The van der Waals surface area contributed by atoms with Gasteiger partial charge in [0.05, 0.1) is 59.1 Å². The normalized spacial score (nSPS) is 12.3. The highest BCUT2D eigenvalue weighted by molar-refractivity contribution is 5.95. The first-order valence-electron chi connectivity index (χ1n) is 30.1. The van der Waals surface area contributed by atoms with Crippen molar-refractivity contribution in [1.82, 2.24) is 77.9 Å². The van der Waals surface area contributed by atoms with Crippen LogP contribution in [0.3, 0.4) is 0 Å². The smallest absolute Gasteiger partial charge is 0.273 e. The van der Waals surface area contributed by atoms with Crippen LogP contribution in [0.2, 0.25) is 0 Å². The van der Waals surface area contributed by atoms with Crippen molar-refractivity contribution < 1.29 is 36.7 Å². The molecule has 0 fully saturated rings. The van der Waals surface area contributed by atoms with Gasteiger partial charge in [-0.3, -0.25) is 37.1 Å².